The molecule has 0 fully saturated rings. The number of benzene rings is 2. The van der Waals surface area contributed by atoms with Crippen molar-refractivity contribution in [1.82, 2.24) is 8.75 Å². The first-order valence-electron chi connectivity index (χ1n) is 9.03. The summed E-state index contributed by atoms with van der Waals surface area (Å²) in [7, 11) is 0. The topological polar surface area (TPSA) is 64.1 Å². The van der Waals surface area contributed by atoms with Gasteiger partial charge in [-0.3, -0.25) is 4.79 Å². The fourth-order valence-corrected chi connectivity index (χ4v) is 3.18. The van der Waals surface area contributed by atoms with Crippen LogP contribution in [0.15, 0.2) is 42.5 Å². The van der Waals surface area contributed by atoms with E-state index in [0.717, 1.165) is 41.5 Å². The Labute approximate surface area is 157 Å². The van der Waals surface area contributed by atoms with Gasteiger partial charge in [0.1, 0.15) is 16.8 Å². The van der Waals surface area contributed by atoms with Crippen molar-refractivity contribution < 1.29 is 9.53 Å². The molecule has 0 aliphatic heterocycles. The Morgan fingerprint density at radius 2 is 1.77 bits per heavy atom. The van der Waals surface area contributed by atoms with Gasteiger partial charge in [-0.2, -0.15) is 8.75 Å². The second-order valence-electron chi connectivity index (χ2n) is 6.21. The molecule has 0 unspecified atom stereocenters. The predicted molar refractivity (Wildman–Crippen MR) is 106 cm³/mol. The Morgan fingerprint density at radius 1 is 1.00 bits per heavy atom. The minimum Gasteiger partial charge on any atom is -0.494 e. The van der Waals surface area contributed by atoms with Crippen LogP contribution in [0.3, 0.4) is 0 Å². The number of amides is 1. The van der Waals surface area contributed by atoms with Crippen LogP contribution < -0.4 is 10.1 Å². The number of carbonyl (C=O) groups excluding carboxylic acids is 1. The molecule has 26 heavy (non-hydrogen) atoms. The van der Waals surface area contributed by atoms with Gasteiger partial charge in [0.25, 0.3) is 5.91 Å². The van der Waals surface area contributed by atoms with Crippen LogP contribution in [0.5, 0.6) is 5.75 Å². The van der Waals surface area contributed by atoms with Crippen LogP contribution in [0.25, 0.3) is 11.0 Å². The highest BCUT2D eigenvalue weighted by molar-refractivity contribution is 7.00. The molecule has 6 heteroatoms. The predicted octanol–water partition coefficient (Wildman–Crippen LogP) is 5.29. The summed E-state index contributed by atoms with van der Waals surface area (Å²) in [6, 6.07) is 12.8. The minimum absolute atomic E-state index is 0.154. The van der Waals surface area contributed by atoms with Gasteiger partial charge in [0.15, 0.2) is 0 Å². The monoisotopic (exact) mass is 369 g/mol. The van der Waals surface area contributed by atoms with Gasteiger partial charge in [-0.15, -0.1) is 0 Å². The molecule has 1 amide bonds. The minimum atomic E-state index is -0.154. The molecule has 0 aliphatic carbocycles. The Kier molecular flexibility index (Phi) is 6.55. The quantitative estimate of drug-likeness (QED) is 0.520. The number of nitrogens with zero attached hydrogens (tertiary/aromatic N) is 2. The van der Waals surface area contributed by atoms with E-state index in [2.05, 4.69) is 21.0 Å². The molecule has 0 atom stereocenters. The highest BCUT2D eigenvalue weighted by Crippen LogP contribution is 2.19. The molecular formula is C20H23N3O2S. The van der Waals surface area contributed by atoms with Gasteiger partial charge in [0, 0.05) is 11.3 Å². The molecule has 1 aromatic heterocycles. The smallest absolute Gasteiger partial charge is 0.255 e. The van der Waals surface area contributed by atoms with E-state index >= 15 is 0 Å². The summed E-state index contributed by atoms with van der Waals surface area (Å²) in [5.74, 6) is 0.644. The molecular weight excluding hydrogens is 346 g/mol. The van der Waals surface area contributed by atoms with Gasteiger partial charge in [-0.05, 0) is 48.9 Å². The normalized spacial score (nSPS) is 10.8. The molecule has 3 rings (SSSR count). The van der Waals surface area contributed by atoms with Gasteiger partial charge >= 0.3 is 0 Å². The first-order chi connectivity index (χ1) is 12.8. The summed E-state index contributed by atoms with van der Waals surface area (Å²) in [6.07, 6.45) is 6.07. The van der Waals surface area contributed by atoms with Crippen molar-refractivity contribution in [2.24, 2.45) is 0 Å². The SMILES string of the molecule is CCCCCCCOc1ccc(C(=O)Nc2ccc3nsnc3c2)cc1. The third-order valence-electron chi connectivity index (χ3n) is 4.14. The summed E-state index contributed by atoms with van der Waals surface area (Å²) in [6.45, 7) is 2.93. The number of unbranched alkanes of at least 4 members (excludes halogenated alkanes) is 4. The number of hydrogen-bond donors (Lipinski definition) is 1. The standard InChI is InChI=1S/C20H23N3O2S/c1-2-3-4-5-6-13-25-17-10-7-15(8-11-17)20(24)21-16-9-12-18-19(14-16)23-26-22-18/h7-12,14H,2-6,13H2,1H3,(H,21,24). The first kappa shape index (κ1) is 18.3. The van der Waals surface area contributed by atoms with E-state index in [1.807, 2.05) is 30.3 Å². The third kappa shape index (κ3) is 5.02. The van der Waals surface area contributed by atoms with E-state index in [9.17, 15) is 4.79 Å². The highest BCUT2D eigenvalue weighted by Gasteiger charge is 2.08. The van der Waals surface area contributed by atoms with Crippen molar-refractivity contribution in [2.75, 3.05) is 11.9 Å². The molecule has 1 N–H and O–H groups in total. The fraction of sp³-hybridized carbons (Fsp3) is 0.350. The van der Waals surface area contributed by atoms with E-state index in [0.29, 0.717) is 11.3 Å². The fourth-order valence-electron chi connectivity index (χ4n) is 2.66. The molecule has 0 saturated carbocycles. The maximum absolute atomic E-state index is 12.4. The largest absolute Gasteiger partial charge is 0.494 e. The molecule has 0 saturated heterocycles. The van der Waals surface area contributed by atoms with E-state index in [4.69, 9.17) is 4.74 Å². The number of anilines is 1. The van der Waals surface area contributed by atoms with Gasteiger partial charge in [0.2, 0.25) is 0 Å². The number of rotatable bonds is 9. The molecule has 1 heterocycles. The van der Waals surface area contributed by atoms with E-state index < -0.39 is 0 Å². The molecule has 3 aromatic rings. The molecule has 5 nitrogen and oxygen atoms in total. The number of ether oxygens (including phenoxy) is 1. The lowest BCUT2D eigenvalue weighted by Crippen LogP contribution is -2.11. The van der Waals surface area contributed by atoms with Gasteiger partial charge in [0.05, 0.1) is 18.3 Å². The summed E-state index contributed by atoms with van der Waals surface area (Å²) < 4.78 is 14.1. The summed E-state index contributed by atoms with van der Waals surface area (Å²) >= 11 is 1.16. The van der Waals surface area contributed by atoms with Gasteiger partial charge in [-0.25, -0.2) is 0 Å². The Bertz CT molecular complexity index is 846. The van der Waals surface area contributed by atoms with E-state index in [1.54, 1.807) is 12.1 Å². The second kappa shape index (κ2) is 9.29. The Hall–Kier alpha value is -2.47. The molecule has 0 radical (unpaired) electrons. The number of fused-ring (bicyclic) bond motifs is 1. The average Bonchev–Trinajstić information content (AvgIpc) is 3.13. The molecule has 136 valence electrons. The number of hydrogen-bond acceptors (Lipinski definition) is 5. The molecule has 2 aromatic carbocycles. The van der Waals surface area contributed by atoms with E-state index in [1.165, 1.54) is 25.7 Å². The lowest BCUT2D eigenvalue weighted by Gasteiger charge is -2.08. The lowest BCUT2D eigenvalue weighted by molar-refractivity contribution is 0.102. The van der Waals surface area contributed by atoms with Crippen LogP contribution >= 0.6 is 11.7 Å². The van der Waals surface area contributed by atoms with Crippen LogP contribution in [-0.4, -0.2) is 21.3 Å². The molecule has 0 bridgehead atoms. The first-order valence-corrected chi connectivity index (χ1v) is 9.76. The maximum Gasteiger partial charge on any atom is 0.255 e. The number of nitrogens with one attached hydrogen (secondary N) is 1. The van der Waals surface area contributed by atoms with Crippen LogP contribution in [0.1, 0.15) is 49.4 Å². The van der Waals surface area contributed by atoms with Crippen molar-refractivity contribution in [3.05, 3.63) is 48.0 Å². The van der Waals surface area contributed by atoms with Crippen LogP contribution in [-0.2, 0) is 0 Å². The number of aromatic nitrogens is 2. The average molecular weight is 369 g/mol. The third-order valence-corrected chi connectivity index (χ3v) is 4.70. The zero-order chi connectivity index (χ0) is 18.2. The Morgan fingerprint density at radius 3 is 2.58 bits per heavy atom. The van der Waals surface area contributed by atoms with Crippen LogP contribution in [0.4, 0.5) is 5.69 Å². The summed E-state index contributed by atoms with van der Waals surface area (Å²) in [4.78, 5) is 12.4. The van der Waals surface area contributed by atoms with Crippen molar-refractivity contribution in [1.29, 1.82) is 0 Å². The van der Waals surface area contributed by atoms with Crippen molar-refractivity contribution in [3.63, 3.8) is 0 Å². The zero-order valence-electron chi connectivity index (χ0n) is 14.9. The second-order valence-corrected chi connectivity index (χ2v) is 6.74. The lowest BCUT2D eigenvalue weighted by atomic mass is 10.1. The summed E-state index contributed by atoms with van der Waals surface area (Å²) in [5.41, 5.74) is 2.93. The molecule has 0 aliphatic rings. The van der Waals surface area contributed by atoms with E-state index in [-0.39, 0.29) is 5.91 Å². The van der Waals surface area contributed by atoms with Crippen molar-refractivity contribution in [3.8, 4) is 5.75 Å². The van der Waals surface area contributed by atoms with Crippen LogP contribution in [0.2, 0.25) is 0 Å². The van der Waals surface area contributed by atoms with Gasteiger partial charge < -0.3 is 10.1 Å². The van der Waals surface area contributed by atoms with Crippen molar-refractivity contribution in [2.45, 2.75) is 39.0 Å². The maximum atomic E-state index is 12.4. The Balaban J connectivity index is 1.50. The number of carbonyl (C=O) groups is 1. The summed E-state index contributed by atoms with van der Waals surface area (Å²) in [5, 5.41) is 2.89. The van der Waals surface area contributed by atoms with Gasteiger partial charge in [-0.1, -0.05) is 32.6 Å². The highest BCUT2D eigenvalue weighted by atomic mass is 32.1. The molecule has 0 spiro atoms. The van der Waals surface area contributed by atoms with Crippen LogP contribution in [0, 0.1) is 0 Å². The van der Waals surface area contributed by atoms with Crippen molar-refractivity contribution >= 4 is 34.4 Å². The zero-order valence-corrected chi connectivity index (χ0v) is 15.7.